The Hall–Kier alpha value is -3.36. The molecule has 0 fully saturated rings. The number of hydrogen-bond donors (Lipinski definition) is 1. The van der Waals surface area contributed by atoms with Gasteiger partial charge in [0.25, 0.3) is 10.0 Å². The van der Waals surface area contributed by atoms with Gasteiger partial charge in [-0.3, -0.25) is 13.9 Å². The Kier molecular flexibility index (Phi) is 9.57. The van der Waals surface area contributed by atoms with Crippen LogP contribution in [0.2, 0.25) is 5.02 Å². The molecule has 0 bridgehead atoms. The van der Waals surface area contributed by atoms with E-state index in [0.717, 1.165) is 15.4 Å². The maximum atomic E-state index is 14.0. The van der Waals surface area contributed by atoms with Gasteiger partial charge in [-0.05, 0) is 68.1 Å². The molecule has 2 amide bonds. The van der Waals surface area contributed by atoms with Crippen LogP contribution >= 0.6 is 11.6 Å². The van der Waals surface area contributed by atoms with Crippen molar-refractivity contribution in [1.82, 2.24) is 10.2 Å². The Morgan fingerprint density at radius 1 is 0.947 bits per heavy atom. The lowest BCUT2D eigenvalue weighted by atomic mass is 10.1. The van der Waals surface area contributed by atoms with E-state index in [2.05, 4.69) is 5.32 Å². The molecule has 7 nitrogen and oxygen atoms in total. The highest BCUT2D eigenvalue weighted by molar-refractivity contribution is 7.92. The minimum absolute atomic E-state index is 0.0512. The normalized spacial score (nSPS) is 12.1. The summed E-state index contributed by atoms with van der Waals surface area (Å²) in [4.78, 5) is 28.3. The van der Waals surface area contributed by atoms with E-state index in [0.29, 0.717) is 28.3 Å². The zero-order valence-electron chi connectivity index (χ0n) is 22.4. The van der Waals surface area contributed by atoms with Crippen LogP contribution < -0.4 is 9.62 Å². The number of nitrogens with one attached hydrogen (secondary N) is 1. The van der Waals surface area contributed by atoms with E-state index in [-0.39, 0.29) is 17.3 Å². The maximum Gasteiger partial charge on any atom is 0.264 e. The second-order valence-electron chi connectivity index (χ2n) is 9.27. The molecule has 38 heavy (non-hydrogen) atoms. The number of anilines is 1. The molecule has 0 heterocycles. The summed E-state index contributed by atoms with van der Waals surface area (Å²) in [5.74, 6) is -0.857. The predicted octanol–water partition coefficient (Wildman–Crippen LogP) is 5.01. The van der Waals surface area contributed by atoms with Crippen molar-refractivity contribution in [3.8, 4) is 0 Å². The van der Waals surface area contributed by atoms with Crippen LogP contribution in [0.3, 0.4) is 0 Å². The fourth-order valence-electron chi connectivity index (χ4n) is 4.24. The van der Waals surface area contributed by atoms with E-state index in [1.807, 2.05) is 26.0 Å². The highest BCUT2D eigenvalue weighted by Gasteiger charge is 2.34. The molecule has 0 saturated heterocycles. The molecule has 0 aliphatic carbocycles. The quantitative estimate of drug-likeness (QED) is 0.381. The first-order valence-corrected chi connectivity index (χ1v) is 14.2. The van der Waals surface area contributed by atoms with Gasteiger partial charge < -0.3 is 10.2 Å². The molecule has 9 heteroatoms. The van der Waals surface area contributed by atoms with Crippen LogP contribution in [0.15, 0.2) is 71.6 Å². The fourth-order valence-corrected chi connectivity index (χ4v) is 5.90. The van der Waals surface area contributed by atoms with E-state index < -0.39 is 28.5 Å². The van der Waals surface area contributed by atoms with Crippen molar-refractivity contribution in [1.29, 1.82) is 0 Å². The van der Waals surface area contributed by atoms with Gasteiger partial charge in [0, 0.05) is 18.6 Å². The molecule has 3 aromatic rings. The third-order valence-corrected chi connectivity index (χ3v) is 8.59. The second kappa shape index (κ2) is 12.5. The maximum absolute atomic E-state index is 14.0. The van der Waals surface area contributed by atoms with Crippen molar-refractivity contribution in [2.75, 3.05) is 17.9 Å². The third kappa shape index (κ3) is 6.55. The Morgan fingerprint density at radius 2 is 1.58 bits per heavy atom. The summed E-state index contributed by atoms with van der Waals surface area (Å²) in [6, 6.07) is 18.2. The first-order chi connectivity index (χ1) is 18.0. The van der Waals surface area contributed by atoms with Gasteiger partial charge in [-0.25, -0.2) is 8.42 Å². The van der Waals surface area contributed by atoms with Gasteiger partial charge in [0.1, 0.15) is 12.6 Å². The number of hydrogen-bond acceptors (Lipinski definition) is 4. The van der Waals surface area contributed by atoms with Gasteiger partial charge in [-0.2, -0.15) is 0 Å². The second-order valence-corrected chi connectivity index (χ2v) is 11.5. The third-order valence-electron chi connectivity index (χ3n) is 6.45. The fraction of sp³-hybridized carbons (Fsp3) is 0.310. The number of benzene rings is 3. The average molecular weight is 556 g/mol. The molecule has 0 unspecified atom stereocenters. The molecule has 0 aromatic heterocycles. The SMILES string of the molecule is CC[C@@H](C(=O)NC)N(Cc1ccccc1Cl)C(=O)CN(c1cc(C)ccc1C)S(=O)(=O)c1ccc(C)cc1. The highest BCUT2D eigenvalue weighted by Crippen LogP contribution is 2.29. The van der Waals surface area contributed by atoms with Crippen LogP contribution in [-0.2, 0) is 26.2 Å². The van der Waals surface area contributed by atoms with Crippen LogP contribution in [-0.4, -0.2) is 44.8 Å². The summed E-state index contributed by atoms with van der Waals surface area (Å²) in [7, 11) is -2.61. The zero-order valence-corrected chi connectivity index (χ0v) is 23.9. The summed E-state index contributed by atoms with van der Waals surface area (Å²) >= 11 is 6.39. The molecule has 1 N–H and O–H groups in total. The van der Waals surface area contributed by atoms with E-state index >= 15 is 0 Å². The van der Waals surface area contributed by atoms with E-state index in [1.165, 1.54) is 24.1 Å². The van der Waals surface area contributed by atoms with Gasteiger partial charge in [0.2, 0.25) is 11.8 Å². The number of nitrogens with zero attached hydrogens (tertiary/aromatic N) is 2. The van der Waals surface area contributed by atoms with Crippen molar-refractivity contribution < 1.29 is 18.0 Å². The largest absolute Gasteiger partial charge is 0.357 e. The molecule has 3 rings (SSSR count). The van der Waals surface area contributed by atoms with Crippen LogP contribution in [0.4, 0.5) is 5.69 Å². The number of carbonyl (C=O) groups excluding carboxylic acids is 2. The lowest BCUT2D eigenvalue weighted by molar-refractivity contribution is -0.140. The van der Waals surface area contributed by atoms with Gasteiger partial charge >= 0.3 is 0 Å². The lowest BCUT2D eigenvalue weighted by Crippen LogP contribution is -2.51. The first kappa shape index (κ1) is 29.2. The van der Waals surface area contributed by atoms with Crippen LogP contribution in [0.1, 0.15) is 35.6 Å². The van der Waals surface area contributed by atoms with Crippen molar-refractivity contribution >= 4 is 39.1 Å². The van der Waals surface area contributed by atoms with Gasteiger partial charge in [-0.1, -0.05) is 66.6 Å². The molecule has 0 saturated carbocycles. The number of likely N-dealkylation sites (N-methyl/N-ethyl adjacent to an activating group) is 1. The van der Waals surface area contributed by atoms with Crippen LogP contribution in [0, 0.1) is 20.8 Å². The first-order valence-electron chi connectivity index (χ1n) is 12.4. The number of halogens is 1. The Balaban J connectivity index is 2.12. The van der Waals surface area contributed by atoms with Gasteiger partial charge in [-0.15, -0.1) is 0 Å². The van der Waals surface area contributed by atoms with Crippen LogP contribution in [0.5, 0.6) is 0 Å². The molecule has 0 aliphatic heterocycles. The molecule has 0 aliphatic rings. The minimum atomic E-state index is -4.12. The van der Waals surface area contributed by atoms with Crippen molar-refractivity contribution in [2.24, 2.45) is 0 Å². The monoisotopic (exact) mass is 555 g/mol. The van der Waals surface area contributed by atoms with E-state index in [9.17, 15) is 18.0 Å². The molecule has 0 radical (unpaired) electrons. The Bertz CT molecular complexity index is 1410. The lowest BCUT2D eigenvalue weighted by Gasteiger charge is -2.33. The summed E-state index contributed by atoms with van der Waals surface area (Å²) in [6.45, 7) is 6.91. The molecule has 0 spiro atoms. The van der Waals surface area contributed by atoms with Crippen molar-refractivity contribution in [3.05, 3.63) is 94.0 Å². The van der Waals surface area contributed by atoms with E-state index in [1.54, 1.807) is 56.3 Å². The summed E-state index contributed by atoms with van der Waals surface area (Å²) in [6.07, 6.45) is 0.337. The molecule has 202 valence electrons. The number of rotatable bonds is 10. The Morgan fingerprint density at radius 3 is 2.18 bits per heavy atom. The van der Waals surface area contributed by atoms with Crippen molar-refractivity contribution in [2.45, 2.75) is 51.6 Å². The van der Waals surface area contributed by atoms with Gasteiger partial charge in [0.05, 0.1) is 10.6 Å². The minimum Gasteiger partial charge on any atom is -0.357 e. The number of amides is 2. The van der Waals surface area contributed by atoms with E-state index in [4.69, 9.17) is 11.6 Å². The standard InChI is InChI=1S/C29H34ClN3O4S/c1-6-26(29(35)31-5)32(18-23-9-7-8-10-25(23)30)28(34)19-33(27-17-21(3)11-14-22(27)4)38(36,37)24-15-12-20(2)13-16-24/h7-17,26H,6,18-19H2,1-5H3,(H,31,35)/t26-/m0/s1. The van der Waals surface area contributed by atoms with Crippen molar-refractivity contribution in [3.63, 3.8) is 0 Å². The zero-order chi connectivity index (χ0) is 28.0. The number of aryl methyl sites for hydroxylation is 3. The molecule has 1 atom stereocenters. The molecular weight excluding hydrogens is 522 g/mol. The van der Waals surface area contributed by atoms with Crippen LogP contribution in [0.25, 0.3) is 0 Å². The predicted molar refractivity (Wildman–Crippen MR) is 152 cm³/mol. The smallest absolute Gasteiger partial charge is 0.264 e. The summed E-state index contributed by atoms with van der Waals surface area (Å²) < 4.78 is 29.1. The number of carbonyl (C=O) groups is 2. The summed E-state index contributed by atoms with van der Waals surface area (Å²) in [5.41, 5.74) is 3.54. The number of sulfonamides is 1. The van der Waals surface area contributed by atoms with Gasteiger partial charge in [0.15, 0.2) is 0 Å². The summed E-state index contributed by atoms with van der Waals surface area (Å²) in [5, 5.41) is 3.07. The highest BCUT2D eigenvalue weighted by atomic mass is 35.5. The molecule has 3 aromatic carbocycles. The molecular formula is C29H34ClN3O4S. The topological polar surface area (TPSA) is 86.8 Å². The Labute approximate surface area is 230 Å². The average Bonchev–Trinajstić information content (AvgIpc) is 2.89.